The summed E-state index contributed by atoms with van der Waals surface area (Å²) in [6, 6.07) is 0. The van der Waals surface area contributed by atoms with Crippen LogP contribution in [0, 0.1) is 16.7 Å². The first kappa shape index (κ1) is 17.5. The molecule has 0 aliphatic carbocycles. The van der Waals surface area contributed by atoms with Gasteiger partial charge in [-0.3, -0.25) is 9.69 Å². The standard InChI is InChI=1S/C15H25NO5/c1-13(2,3)10-7-9(17)8-16(12(20)21)15(10,11(18)19)14(4,5)6/h10H,7-8H2,1-6H3,(H,18,19)(H,20,21). The molecule has 0 aromatic rings. The van der Waals surface area contributed by atoms with Crippen molar-refractivity contribution >= 4 is 17.8 Å². The molecule has 6 heteroatoms. The lowest BCUT2D eigenvalue weighted by Gasteiger charge is -2.57. The summed E-state index contributed by atoms with van der Waals surface area (Å²) in [6.45, 7) is 10.3. The Hall–Kier alpha value is -1.59. The number of aliphatic carboxylic acids is 1. The number of Topliss-reactive ketones (excluding diaryl/α,β-unsaturated/α-hetero) is 1. The van der Waals surface area contributed by atoms with Crippen LogP contribution < -0.4 is 0 Å². The number of piperidine rings is 1. The van der Waals surface area contributed by atoms with Gasteiger partial charge in [0.1, 0.15) is 0 Å². The number of amides is 1. The molecule has 0 spiro atoms. The first-order valence-corrected chi connectivity index (χ1v) is 7.02. The first-order valence-electron chi connectivity index (χ1n) is 7.02. The van der Waals surface area contributed by atoms with Gasteiger partial charge in [-0.25, -0.2) is 9.59 Å². The molecule has 1 aliphatic rings. The highest BCUT2D eigenvalue weighted by Gasteiger charge is 2.65. The number of rotatable bonds is 1. The molecule has 2 unspecified atom stereocenters. The number of carbonyl (C=O) groups excluding carboxylic acids is 1. The molecule has 1 fully saturated rings. The maximum absolute atomic E-state index is 12.2. The minimum absolute atomic E-state index is 0.0802. The summed E-state index contributed by atoms with van der Waals surface area (Å²) < 4.78 is 0. The van der Waals surface area contributed by atoms with Crippen LogP contribution in [0.5, 0.6) is 0 Å². The van der Waals surface area contributed by atoms with Gasteiger partial charge >= 0.3 is 12.1 Å². The van der Waals surface area contributed by atoms with Gasteiger partial charge in [-0.2, -0.15) is 0 Å². The third-order valence-corrected chi connectivity index (χ3v) is 4.44. The van der Waals surface area contributed by atoms with Crippen LogP contribution in [-0.2, 0) is 9.59 Å². The molecule has 1 rings (SSSR count). The third-order valence-electron chi connectivity index (χ3n) is 4.44. The average molecular weight is 299 g/mol. The molecule has 0 radical (unpaired) electrons. The van der Waals surface area contributed by atoms with Crippen molar-refractivity contribution in [2.45, 2.75) is 53.5 Å². The van der Waals surface area contributed by atoms with Gasteiger partial charge in [-0.15, -0.1) is 0 Å². The zero-order valence-electron chi connectivity index (χ0n) is 13.6. The minimum atomic E-state index is -1.63. The Bertz CT molecular complexity index is 471. The van der Waals surface area contributed by atoms with Crippen LogP contribution >= 0.6 is 0 Å². The van der Waals surface area contributed by atoms with Gasteiger partial charge in [-0.1, -0.05) is 41.5 Å². The van der Waals surface area contributed by atoms with Crippen LogP contribution in [0.1, 0.15) is 48.0 Å². The Morgan fingerprint density at radius 2 is 1.62 bits per heavy atom. The third kappa shape index (κ3) is 2.63. The number of hydrogen-bond acceptors (Lipinski definition) is 3. The van der Waals surface area contributed by atoms with Crippen molar-refractivity contribution in [3.05, 3.63) is 0 Å². The molecule has 1 saturated heterocycles. The Morgan fingerprint density at radius 1 is 1.14 bits per heavy atom. The van der Waals surface area contributed by atoms with Crippen LogP contribution in [0.4, 0.5) is 4.79 Å². The van der Waals surface area contributed by atoms with Crippen molar-refractivity contribution < 1.29 is 24.6 Å². The van der Waals surface area contributed by atoms with E-state index in [4.69, 9.17) is 0 Å². The van der Waals surface area contributed by atoms with Crippen molar-refractivity contribution in [1.82, 2.24) is 4.90 Å². The van der Waals surface area contributed by atoms with E-state index in [1.165, 1.54) is 0 Å². The average Bonchev–Trinajstić information content (AvgIpc) is 2.24. The fourth-order valence-corrected chi connectivity index (χ4v) is 3.59. The van der Waals surface area contributed by atoms with Gasteiger partial charge in [0.2, 0.25) is 0 Å². The van der Waals surface area contributed by atoms with Crippen molar-refractivity contribution in [3.8, 4) is 0 Å². The van der Waals surface area contributed by atoms with Crippen molar-refractivity contribution in [2.24, 2.45) is 16.7 Å². The Labute approximate surface area is 125 Å². The van der Waals surface area contributed by atoms with Crippen LogP contribution in [-0.4, -0.2) is 45.0 Å². The first-order chi connectivity index (χ1) is 9.26. The van der Waals surface area contributed by atoms with Gasteiger partial charge < -0.3 is 10.2 Å². The van der Waals surface area contributed by atoms with E-state index in [0.717, 1.165) is 4.90 Å². The summed E-state index contributed by atoms with van der Waals surface area (Å²) in [7, 11) is 0. The van der Waals surface area contributed by atoms with E-state index in [1.54, 1.807) is 20.8 Å². The lowest BCUT2D eigenvalue weighted by molar-refractivity contribution is -0.178. The van der Waals surface area contributed by atoms with Crippen LogP contribution in [0.15, 0.2) is 0 Å². The fraction of sp³-hybridized carbons (Fsp3) is 0.800. The zero-order chi connectivity index (χ0) is 16.8. The van der Waals surface area contributed by atoms with E-state index in [9.17, 15) is 24.6 Å². The van der Waals surface area contributed by atoms with Crippen LogP contribution in [0.3, 0.4) is 0 Å². The molecule has 0 aromatic heterocycles. The van der Waals surface area contributed by atoms with Crippen molar-refractivity contribution in [1.29, 1.82) is 0 Å². The van der Waals surface area contributed by atoms with Gasteiger partial charge in [0, 0.05) is 12.3 Å². The smallest absolute Gasteiger partial charge is 0.408 e. The van der Waals surface area contributed by atoms with Crippen molar-refractivity contribution in [3.63, 3.8) is 0 Å². The molecule has 1 amide bonds. The number of carboxylic acids is 1. The van der Waals surface area contributed by atoms with E-state index >= 15 is 0 Å². The molecule has 1 aliphatic heterocycles. The van der Waals surface area contributed by atoms with Gasteiger partial charge in [0.15, 0.2) is 11.3 Å². The molecule has 2 N–H and O–H groups in total. The van der Waals surface area contributed by atoms with E-state index in [1.807, 2.05) is 20.8 Å². The van der Waals surface area contributed by atoms with Gasteiger partial charge in [-0.05, 0) is 10.8 Å². The zero-order valence-corrected chi connectivity index (χ0v) is 13.6. The predicted octanol–water partition coefficient (Wildman–Crippen LogP) is 2.47. The summed E-state index contributed by atoms with van der Waals surface area (Å²) in [5.74, 6) is -2.02. The highest BCUT2D eigenvalue weighted by molar-refractivity contribution is 5.93. The molecule has 21 heavy (non-hydrogen) atoms. The number of carboxylic acid groups (broad SMARTS) is 2. The largest absolute Gasteiger partial charge is 0.479 e. The molecule has 2 atom stereocenters. The highest BCUT2D eigenvalue weighted by Crippen LogP contribution is 2.52. The summed E-state index contributed by atoms with van der Waals surface area (Å²) >= 11 is 0. The Kier molecular flexibility index (Phi) is 4.16. The molecule has 0 saturated carbocycles. The van der Waals surface area contributed by atoms with Crippen molar-refractivity contribution in [2.75, 3.05) is 6.54 Å². The SMILES string of the molecule is CC(C)(C)C1CC(=O)CN(C(=O)O)C1(C(=O)O)C(C)(C)C. The molecule has 120 valence electrons. The number of ketones is 1. The monoisotopic (exact) mass is 299 g/mol. The summed E-state index contributed by atoms with van der Waals surface area (Å²) in [6.07, 6.45) is -1.29. The maximum Gasteiger partial charge on any atom is 0.408 e. The quantitative estimate of drug-likeness (QED) is 0.775. The topological polar surface area (TPSA) is 94.9 Å². The highest BCUT2D eigenvalue weighted by atomic mass is 16.4. The second-order valence-corrected chi connectivity index (χ2v) is 7.85. The number of carbonyl (C=O) groups is 3. The lowest BCUT2D eigenvalue weighted by Crippen LogP contribution is -2.73. The summed E-state index contributed by atoms with van der Waals surface area (Å²) in [5, 5.41) is 19.4. The summed E-state index contributed by atoms with van der Waals surface area (Å²) in [5.41, 5.74) is -3.00. The van der Waals surface area contributed by atoms with E-state index < -0.39 is 34.3 Å². The predicted molar refractivity (Wildman–Crippen MR) is 77.1 cm³/mol. The number of hydrogen-bond donors (Lipinski definition) is 2. The van der Waals surface area contributed by atoms with Crippen LogP contribution in [0.25, 0.3) is 0 Å². The fourth-order valence-electron chi connectivity index (χ4n) is 3.59. The molecule has 0 aromatic carbocycles. The number of nitrogens with zero attached hydrogens (tertiary/aromatic N) is 1. The Morgan fingerprint density at radius 3 is 1.90 bits per heavy atom. The maximum atomic E-state index is 12.2. The van der Waals surface area contributed by atoms with E-state index in [2.05, 4.69) is 0 Å². The molecular formula is C15H25NO5. The number of likely N-dealkylation sites (tertiary alicyclic amines) is 1. The normalized spacial score (nSPS) is 27.6. The molecule has 6 nitrogen and oxygen atoms in total. The van der Waals surface area contributed by atoms with E-state index in [0.29, 0.717) is 0 Å². The molecule has 1 heterocycles. The molecular weight excluding hydrogens is 274 g/mol. The van der Waals surface area contributed by atoms with Gasteiger partial charge in [0.05, 0.1) is 6.54 Å². The van der Waals surface area contributed by atoms with E-state index in [-0.39, 0.29) is 18.7 Å². The second kappa shape index (κ2) is 5.00. The van der Waals surface area contributed by atoms with Crippen LogP contribution in [0.2, 0.25) is 0 Å². The molecule has 0 bridgehead atoms. The second-order valence-electron chi connectivity index (χ2n) is 7.85. The Balaban J connectivity index is 3.70. The summed E-state index contributed by atoms with van der Waals surface area (Å²) in [4.78, 5) is 36.6. The van der Waals surface area contributed by atoms with Gasteiger partial charge in [0.25, 0.3) is 0 Å². The lowest BCUT2D eigenvalue weighted by atomic mass is 9.55. The minimum Gasteiger partial charge on any atom is -0.479 e.